The van der Waals surface area contributed by atoms with Crippen LogP contribution >= 0.6 is 0 Å². The molecule has 4 amide bonds. The molecule has 1 fully saturated rings. The van der Waals surface area contributed by atoms with Crippen LogP contribution in [-0.2, 0) is 9.53 Å². The fourth-order valence-electron chi connectivity index (χ4n) is 2.38. The van der Waals surface area contributed by atoms with E-state index in [1.807, 2.05) is 4.90 Å². The molecule has 0 aliphatic carbocycles. The molecule has 4 N–H and O–H groups in total. The molecule has 8 nitrogen and oxygen atoms in total. The molecule has 1 atom stereocenters. The number of piperidine rings is 1. The van der Waals surface area contributed by atoms with Crippen LogP contribution in [0.15, 0.2) is 0 Å². The first-order chi connectivity index (χ1) is 10.2. The van der Waals surface area contributed by atoms with Crippen molar-refractivity contribution in [1.29, 1.82) is 0 Å². The van der Waals surface area contributed by atoms with Crippen molar-refractivity contribution < 1.29 is 19.1 Å². The molecule has 0 spiro atoms. The number of hydrogen-bond donors (Lipinski definition) is 3. The molecule has 8 heteroatoms. The largest absolute Gasteiger partial charge is 0.444 e. The summed E-state index contributed by atoms with van der Waals surface area (Å²) in [5.74, 6) is -0.434. The summed E-state index contributed by atoms with van der Waals surface area (Å²) < 4.78 is 5.19. The van der Waals surface area contributed by atoms with Crippen LogP contribution in [0.2, 0.25) is 0 Å². The summed E-state index contributed by atoms with van der Waals surface area (Å²) in [7, 11) is 0. The van der Waals surface area contributed by atoms with Gasteiger partial charge < -0.3 is 15.8 Å². The Morgan fingerprint density at radius 3 is 2.55 bits per heavy atom. The first-order valence-electron chi connectivity index (χ1n) is 7.47. The number of nitrogens with zero attached hydrogens (tertiary/aromatic N) is 1. The number of rotatable bonds is 4. The summed E-state index contributed by atoms with van der Waals surface area (Å²) >= 11 is 0. The van der Waals surface area contributed by atoms with Crippen LogP contribution in [0.5, 0.6) is 0 Å². The molecule has 1 aliphatic rings. The van der Waals surface area contributed by atoms with Gasteiger partial charge in [-0.2, -0.15) is 0 Å². The van der Waals surface area contributed by atoms with Crippen molar-refractivity contribution in [3.05, 3.63) is 0 Å². The Bertz CT molecular complexity index is 420. The average molecular weight is 314 g/mol. The highest BCUT2D eigenvalue weighted by molar-refractivity contribution is 5.94. The Balaban J connectivity index is 2.46. The first kappa shape index (κ1) is 18.2. The molecule has 1 aliphatic heterocycles. The van der Waals surface area contributed by atoms with Gasteiger partial charge in [0.05, 0.1) is 6.54 Å². The molecule has 0 aromatic carbocycles. The third-order valence-corrected chi connectivity index (χ3v) is 3.24. The van der Waals surface area contributed by atoms with Crippen LogP contribution in [0.25, 0.3) is 0 Å². The molecule has 126 valence electrons. The van der Waals surface area contributed by atoms with Gasteiger partial charge in [0, 0.05) is 12.6 Å². The fraction of sp³-hybridized carbons (Fsp3) is 0.786. The number of hydrogen-bond acceptors (Lipinski definition) is 5. The van der Waals surface area contributed by atoms with Crippen molar-refractivity contribution in [3.63, 3.8) is 0 Å². The van der Waals surface area contributed by atoms with Gasteiger partial charge in [0.1, 0.15) is 5.60 Å². The minimum Gasteiger partial charge on any atom is -0.444 e. The zero-order valence-corrected chi connectivity index (χ0v) is 13.5. The van der Waals surface area contributed by atoms with Crippen molar-refractivity contribution in [2.75, 3.05) is 19.6 Å². The molecule has 0 aromatic rings. The van der Waals surface area contributed by atoms with Crippen molar-refractivity contribution >= 4 is 18.0 Å². The predicted molar refractivity (Wildman–Crippen MR) is 81.2 cm³/mol. The number of nitrogens with one attached hydrogen (secondary N) is 2. The van der Waals surface area contributed by atoms with Crippen LogP contribution in [0.3, 0.4) is 0 Å². The van der Waals surface area contributed by atoms with Crippen LogP contribution in [-0.4, -0.2) is 54.2 Å². The number of carbonyl (C=O) groups excluding carboxylic acids is 3. The number of primary amides is 1. The molecule has 1 rings (SSSR count). The number of likely N-dealkylation sites (tertiary alicyclic amines) is 1. The quantitative estimate of drug-likeness (QED) is 0.701. The molecule has 0 radical (unpaired) electrons. The zero-order valence-electron chi connectivity index (χ0n) is 13.5. The predicted octanol–water partition coefficient (Wildman–Crippen LogP) is 0.561. The monoisotopic (exact) mass is 314 g/mol. The van der Waals surface area contributed by atoms with E-state index in [0.717, 1.165) is 25.8 Å². The second-order valence-corrected chi connectivity index (χ2v) is 6.42. The van der Waals surface area contributed by atoms with E-state index in [1.165, 1.54) is 0 Å². The molecule has 0 saturated carbocycles. The number of alkyl carbamates (subject to hydrolysis) is 1. The lowest BCUT2D eigenvalue weighted by atomic mass is 10.0. The van der Waals surface area contributed by atoms with Crippen molar-refractivity contribution in [3.8, 4) is 0 Å². The summed E-state index contributed by atoms with van der Waals surface area (Å²) in [4.78, 5) is 35.9. The zero-order chi connectivity index (χ0) is 16.8. The van der Waals surface area contributed by atoms with E-state index >= 15 is 0 Å². The molecule has 1 saturated heterocycles. The normalized spacial score (nSPS) is 19.3. The molecular weight excluding hydrogens is 288 g/mol. The van der Waals surface area contributed by atoms with Crippen molar-refractivity contribution in [2.24, 2.45) is 5.73 Å². The standard InChI is InChI=1S/C14H26N4O4/c1-14(2,3)22-13(21)16-8-10-6-4-5-7-18(10)9-11(19)17-12(15)20/h10H,4-9H2,1-3H3,(H,16,21)(H3,15,17,19,20)/t10-/m0/s1. The Labute approximate surface area is 130 Å². The highest BCUT2D eigenvalue weighted by Gasteiger charge is 2.25. The van der Waals surface area contributed by atoms with E-state index in [2.05, 4.69) is 10.6 Å². The highest BCUT2D eigenvalue weighted by Crippen LogP contribution is 2.16. The number of amides is 4. The molecule has 22 heavy (non-hydrogen) atoms. The van der Waals surface area contributed by atoms with Crippen molar-refractivity contribution in [2.45, 2.75) is 51.7 Å². The van der Waals surface area contributed by atoms with E-state index in [1.54, 1.807) is 20.8 Å². The third kappa shape index (κ3) is 7.26. The van der Waals surface area contributed by atoms with Gasteiger partial charge in [-0.05, 0) is 40.2 Å². The maximum absolute atomic E-state index is 11.7. The van der Waals surface area contributed by atoms with Crippen LogP contribution in [0.4, 0.5) is 9.59 Å². The Hall–Kier alpha value is -1.83. The van der Waals surface area contributed by atoms with E-state index in [4.69, 9.17) is 10.5 Å². The minimum absolute atomic E-state index is 0.0416. The second kappa shape index (κ2) is 7.98. The first-order valence-corrected chi connectivity index (χ1v) is 7.47. The lowest BCUT2D eigenvalue weighted by Crippen LogP contribution is -2.51. The minimum atomic E-state index is -0.856. The highest BCUT2D eigenvalue weighted by atomic mass is 16.6. The topological polar surface area (TPSA) is 114 Å². The number of imide groups is 1. The Kier molecular flexibility index (Phi) is 6.61. The Morgan fingerprint density at radius 1 is 1.27 bits per heavy atom. The van der Waals surface area contributed by atoms with Crippen molar-refractivity contribution in [1.82, 2.24) is 15.5 Å². The second-order valence-electron chi connectivity index (χ2n) is 6.42. The Morgan fingerprint density at radius 2 is 1.95 bits per heavy atom. The summed E-state index contributed by atoms with van der Waals surface area (Å²) in [6.45, 7) is 6.63. The number of carbonyl (C=O) groups is 3. The molecule has 0 unspecified atom stereocenters. The SMILES string of the molecule is CC(C)(C)OC(=O)NC[C@@H]1CCCCN1CC(=O)NC(N)=O. The van der Waals surface area contributed by atoms with Crippen LogP contribution in [0, 0.1) is 0 Å². The maximum Gasteiger partial charge on any atom is 0.407 e. The lowest BCUT2D eigenvalue weighted by molar-refractivity contribution is -0.122. The van der Waals surface area contributed by atoms with E-state index in [0.29, 0.717) is 6.54 Å². The summed E-state index contributed by atoms with van der Waals surface area (Å²) in [5.41, 5.74) is 4.38. The van der Waals surface area contributed by atoms with Gasteiger partial charge in [0.25, 0.3) is 0 Å². The van der Waals surface area contributed by atoms with Gasteiger partial charge in [-0.1, -0.05) is 6.42 Å². The van der Waals surface area contributed by atoms with Gasteiger partial charge in [-0.25, -0.2) is 9.59 Å². The molecule has 1 heterocycles. The number of urea groups is 1. The smallest absolute Gasteiger partial charge is 0.407 e. The summed E-state index contributed by atoms with van der Waals surface area (Å²) in [6.07, 6.45) is 2.42. The maximum atomic E-state index is 11.7. The van der Waals surface area contributed by atoms with Crippen LogP contribution in [0.1, 0.15) is 40.0 Å². The van der Waals surface area contributed by atoms with Gasteiger partial charge in [0.15, 0.2) is 0 Å². The van der Waals surface area contributed by atoms with Gasteiger partial charge in [-0.15, -0.1) is 0 Å². The van der Waals surface area contributed by atoms with E-state index < -0.39 is 23.6 Å². The van der Waals surface area contributed by atoms with Gasteiger partial charge in [0.2, 0.25) is 5.91 Å². The summed E-state index contributed by atoms with van der Waals surface area (Å²) in [6, 6.07) is -0.815. The van der Waals surface area contributed by atoms with E-state index in [9.17, 15) is 14.4 Å². The molecule has 0 aromatic heterocycles. The fourth-order valence-corrected chi connectivity index (χ4v) is 2.38. The van der Waals surface area contributed by atoms with Gasteiger partial charge >= 0.3 is 12.1 Å². The molecule has 0 bridgehead atoms. The lowest BCUT2D eigenvalue weighted by Gasteiger charge is -2.35. The molecular formula is C14H26N4O4. The summed E-state index contributed by atoms with van der Waals surface area (Å²) in [5, 5.41) is 4.78. The van der Waals surface area contributed by atoms with Gasteiger partial charge in [-0.3, -0.25) is 15.0 Å². The number of nitrogens with two attached hydrogens (primary N) is 1. The van der Waals surface area contributed by atoms with Crippen LogP contribution < -0.4 is 16.4 Å². The average Bonchev–Trinajstić information content (AvgIpc) is 2.34. The van der Waals surface area contributed by atoms with E-state index in [-0.39, 0.29) is 12.6 Å². The number of ether oxygens (including phenoxy) is 1. The third-order valence-electron chi connectivity index (χ3n) is 3.24.